The van der Waals surface area contributed by atoms with Gasteiger partial charge in [0, 0.05) is 11.8 Å². The first kappa shape index (κ1) is 15.3. The number of hydrogen-bond donors (Lipinski definition) is 2. The smallest absolute Gasteiger partial charge is 0.294 e. The summed E-state index contributed by atoms with van der Waals surface area (Å²) in [5, 5.41) is 17.3. The number of anilines is 1. The van der Waals surface area contributed by atoms with Crippen LogP contribution in [-0.4, -0.2) is 21.2 Å². The van der Waals surface area contributed by atoms with Crippen LogP contribution in [0.5, 0.6) is 5.75 Å². The first-order valence-electron chi connectivity index (χ1n) is 7.54. The van der Waals surface area contributed by atoms with Gasteiger partial charge in [-0.15, -0.1) is 11.3 Å². The lowest BCUT2D eigenvalue weighted by Crippen LogP contribution is -2.10. The number of aromatic hydroxyl groups is 1. The predicted octanol–water partition coefficient (Wildman–Crippen LogP) is 4.22. The number of para-hydroxylation sites is 1. The van der Waals surface area contributed by atoms with Crippen LogP contribution in [0.25, 0.3) is 20.8 Å². The summed E-state index contributed by atoms with van der Waals surface area (Å²) < 4.78 is 5.99. The average Bonchev–Trinajstić information content (AvgIpc) is 3.22. The fraction of sp³-hybridized carbons (Fsp3) is 0.0556. The van der Waals surface area contributed by atoms with E-state index in [-0.39, 0.29) is 11.5 Å². The standard InChI is InChI=1S/C18H13N3O3S/c1-10-8-15(24-21-10)17(23)19-11-6-7-14(22)12(9-11)18-20-13-4-2-3-5-16(13)25-18/h2-9,22H,1H3,(H,19,23). The molecule has 7 heteroatoms. The molecule has 124 valence electrons. The van der Waals surface area contributed by atoms with Crippen molar-refractivity contribution in [2.75, 3.05) is 5.32 Å². The molecule has 0 radical (unpaired) electrons. The van der Waals surface area contributed by atoms with Crippen molar-refractivity contribution in [1.29, 1.82) is 0 Å². The summed E-state index contributed by atoms with van der Waals surface area (Å²) in [6, 6.07) is 14.2. The molecule has 2 heterocycles. The van der Waals surface area contributed by atoms with Gasteiger partial charge >= 0.3 is 0 Å². The molecule has 0 saturated heterocycles. The number of rotatable bonds is 3. The molecule has 0 aliphatic carbocycles. The summed E-state index contributed by atoms with van der Waals surface area (Å²) in [5.41, 5.74) is 2.60. The Morgan fingerprint density at radius 2 is 2.04 bits per heavy atom. The van der Waals surface area contributed by atoms with Crippen LogP contribution in [0, 0.1) is 6.92 Å². The Balaban J connectivity index is 1.67. The maximum atomic E-state index is 12.2. The van der Waals surface area contributed by atoms with Crippen LogP contribution in [0.15, 0.2) is 53.1 Å². The van der Waals surface area contributed by atoms with Gasteiger partial charge in [-0.1, -0.05) is 17.3 Å². The van der Waals surface area contributed by atoms with Gasteiger partial charge in [0.15, 0.2) is 0 Å². The van der Waals surface area contributed by atoms with Crippen molar-refractivity contribution in [1.82, 2.24) is 10.1 Å². The van der Waals surface area contributed by atoms with E-state index in [1.54, 1.807) is 25.1 Å². The molecule has 0 unspecified atom stereocenters. The summed E-state index contributed by atoms with van der Waals surface area (Å²) in [4.78, 5) is 16.7. The van der Waals surface area contributed by atoms with Gasteiger partial charge in [0.2, 0.25) is 5.76 Å². The van der Waals surface area contributed by atoms with E-state index >= 15 is 0 Å². The minimum Gasteiger partial charge on any atom is -0.507 e. The van der Waals surface area contributed by atoms with Crippen molar-refractivity contribution in [3.05, 3.63) is 60.0 Å². The summed E-state index contributed by atoms with van der Waals surface area (Å²) in [6.45, 7) is 1.74. The lowest BCUT2D eigenvalue weighted by atomic mass is 10.2. The van der Waals surface area contributed by atoms with Gasteiger partial charge in [0.1, 0.15) is 10.8 Å². The second kappa shape index (κ2) is 6.03. The Morgan fingerprint density at radius 1 is 1.20 bits per heavy atom. The van der Waals surface area contributed by atoms with Crippen LogP contribution >= 0.6 is 11.3 Å². The van der Waals surface area contributed by atoms with Crippen LogP contribution in [-0.2, 0) is 0 Å². The molecule has 0 spiro atoms. The summed E-state index contributed by atoms with van der Waals surface area (Å²) in [6.07, 6.45) is 0. The van der Waals surface area contributed by atoms with Crippen molar-refractivity contribution in [3.63, 3.8) is 0 Å². The van der Waals surface area contributed by atoms with E-state index in [4.69, 9.17) is 4.52 Å². The Hall–Kier alpha value is -3.19. The number of aryl methyl sites for hydroxylation is 1. The molecule has 4 rings (SSSR count). The zero-order chi connectivity index (χ0) is 17.4. The van der Waals surface area contributed by atoms with E-state index in [1.807, 2.05) is 24.3 Å². The molecule has 0 atom stereocenters. The van der Waals surface area contributed by atoms with E-state index in [1.165, 1.54) is 17.4 Å². The molecular weight excluding hydrogens is 338 g/mol. The number of fused-ring (bicyclic) bond motifs is 1. The summed E-state index contributed by atoms with van der Waals surface area (Å²) >= 11 is 1.48. The fourth-order valence-electron chi connectivity index (χ4n) is 2.44. The highest BCUT2D eigenvalue weighted by Crippen LogP contribution is 2.36. The topological polar surface area (TPSA) is 88.2 Å². The Labute approximate surface area is 146 Å². The number of nitrogens with zero attached hydrogens (tertiary/aromatic N) is 2. The number of carbonyl (C=O) groups excluding carboxylic acids is 1. The highest BCUT2D eigenvalue weighted by Gasteiger charge is 2.15. The molecule has 0 aliphatic rings. The highest BCUT2D eigenvalue weighted by atomic mass is 32.1. The summed E-state index contributed by atoms with van der Waals surface area (Å²) in [7, 11) is 0. The molecule has 1 amide bonds. The van der Waals surface area contributed by atoms with E-state index in [9.17, 15) is 9.90 Å². The lowest BCUT2D eigenvalue weighted by molar-refractivity contribution is 0.0988. The number of amides is 1. The minimum absolute atomic E-state index is 0.104. The third-order valence-electron chi connectivity index (χ3n) is 3.63. The number of hydrogen-bond acceptors (Lipinski definition) is 6. The maximum Gasteiger partial charge on any atom is 0.294 e. The minimum atomic E-state index is -0.401. The van der Waals surface area contributed by atoms with E-state index < -0.39 is 5.91 Å². The zero-order valence-corrected chi connectivity index (χ0v) is 14.0. The number of phenols is 1. The van der Waals surface area contributed by atoms with E-state index in [0.717, 1.165) is 10.2 Å². The fourth-order valence-corrected chi connectivity index (χ4v) is 3.43. The van der Waals surface area contributed by atoms with Crippen molar-refractivity contribution in [2.45, 2.75) is 6.92 Å². The normalized spacial score (nSPS) is 10.9. The van der Waals surface area contributed by atoms with Crippen LogP contribution in [0.4, 0.5) is 5.69 Å². The second-order valence-electron chi connectivity index (χ2n) is 5.51. The molecule has 2 N–H and O–H groups in total. The average molecular weight is 351 g/mol. The number of aromatic nitrogens is 2. The molecule has 25 heavy (non-hydrogen) atoms. The number of phenolic OH excluding ortho intramolecular Hbond substituents is 1. The van der Waals surface area contributed by atoms with Gasteiger partial charge in [-0.2, -0.15) is 0 Å². The van der Waals surface area contributed by atoms with Crippen LogP contribution in [0.1, 0.15) is 16.2 Å². The molecule has 2 aromatic heterocycles. The highest BCUT2D eigenvalue weighted by molar-refractivity contribution is 7.21. The van der Waals surface area contributed by atoms with Crippen LogP contribution < -0.4 is 5.32 Å². The van der Waals surface area contributed by atoms with E-state index in [2.05, 4.69) is 15.5 Å². The number of thiazole rings is 1. The molecular formula is C18H13N3O3S. The van der Waals surface area contributed by atoms with Crippen molar-refractivity contribution < 1.29 is 14.4 Å². The Morgan fingerprint density at radius 3 is 2.80 bits per heavy atom. The molecule has 4 aromatic rings. The molecule has 0 saturated carbocycles. The molecule has 0 fully saturated rings. The van der Waals surface area contributed by atoms with Gasteiger partial charge in [-0.3, -0.25) is 4.79 Å². The van der Waals surface area contributed by atoms with E-state index in [0.29, 0.717) is 22.0 Å². The quantitative estimate of drug-likeness (QED) is 0.540. The maximum absolute atomic E-state index is 12.2. The third kappa shape index (κ3) is 2.97. The SMILES string of the molecule is Cc1cc(C(=O)Nc2ccc(O)c(-c3nc4ccccc4s3)c2)on1. The number of nitrogens with one attached hydrogen (secondary N) is 1. The van der Waals surface area contributed by atoms with Crippen molar-refractivity contribution in [2.24, 2.45) is 0 Å². The largest absolute Gasteiger partial charge is 0.507 e. The van der Waals surface area contributed by atoms with Crippen LogP contribution in [0.3, 0.4) is 0 Å². The van der Waals surface area contributed by atoms with Crippen LogP contribution in [0.2, 0.25) is 0 Å². The van der Waals surface area contributed by atoms with Gasteiger partial charge in [0.25, 0.3) is 5.91 Å². The van der Waals surface area contributed by atoms with Gasteiger partial charge in [-0.25, -0.2) is 4.98 Å². The Kier molecular flexibility index (Phi) is 3.70. The first-order valence-corrected chi connectivity index (χ1v) is 8.35. The van der Waals surface area contributed by atoms with Gasteiger partial charge in [-0.05, 0) is 37.3 Å². The monoisotopic (exact) mass is 351 g/mol. The predicted molar refractivity (Wildman–Crippen MR) is 95.9 cm³/mol. The molecule has 2 aromatic carbocycles. The summed E-state index contributed by atoms with van der Waals surface area (Å²) in [5.74, 6) is -0.166. The van der Waals surface area contributed by atoms with Gasteiger partial charge in [0.05, 0.1) is 21.5 Å². The van der Waals surface area contributed by atoms with Gasteiger partial charge < -0.3 is 14.9 Å². The first-order chi connectivity index (χ1) is 12.1. The second-order valence-corrected chi connectivity index (χ2v) is 6.54. The molecule has 0 bridgehead atoms. The molecule has 0 aliphatic heterocycles. The van der Waals surface area contributed by atoms with Crippen molar-refractivity contribution in [3.8, 4) is 16.3 Å². The molecule has 6 nitrogen and oxygen atoms in total. The third-order valence-corrected chi connectivity index (χ3v) is 4.70. The number of carbonyl (C=O) groups is 1. The number of benzene rings is 2. The van der Waals surface area contributed by atoms with Crippen molar-refractivity contribution >= 4 is 33.1 Å². The lowest BCUT2D eigenvalue weighted by Gasteiger charge is -2.06. The zero-order valence-electron chi connectivity index (χ0n) is 13.2. The Bertz CT molecular complexity index is 1050.